The minimum Gasteiger partial charge on any atom is -0.282 e. The standard InChI is InChI=1S/C9H12O3S.C2H6N4O2/c1-6-4-7(2)9(8(3)5-6)13(10,11)12;7-6(8)5-2-1-3-4-5/h4-5H,1-3H3,(H,10,11,12);3-4H,1-2H2. The normalized spacial score (nSPS) is 14.6. The first-order valence-electron chi connectivity index (χ1n) is 6.08. The Labute approximate surface area is 122 Å². The highest BCUT2D eigenvalue weighted by atomic mass is 32.2. The van der Waals surface area contributed by atoms with Gasteiger partial charge in [-0.2, -0.15) is 8.42 Å². The van der Waals surface area contributed by atoms with Gasteiger partial charge < -0.3 is 0 Å². The van der Waals surface area contributed by atoms with Gasteiger partial charge in [-0.15, -0.1) is 5.53 Å². The molecule has 0 aromatic heterocycles. The van der Waals surface area contributed by atoms with Crippen molar-refractivity contribution in [2.24, 2.45) is 0 Å². The summed E-state index contributed by atoms with van der Waals surface area (Å²) in [6.07, 6.45) is 0. The Balaban J connectivity index is 0.000000235. The molecule has 0 aliphatic carbocycles. The predicted octanol–water partition coefficient (Wildman–Crippen LogP) is 0.361. The smallest absolute Gasteiger partial charge is 0.282 e. The molecular weight excluding hydrogens is 300 g/mol. The maximum atomic E-state index is 10.9. The van der Waals surface area contributed by atoms with Gasteiger partial charge in [-0.25, -0.2) is 15.5 Å². The van der Waals surface area contributed by atoms with Crippen LogP contribution in [0.1, 0.15) is 16.7 Å². The summed E-state index contributed by atoms with van der Waals surface area (Å²) in [6, 6.07) is 3.46. The van der Waals surface area contributed by atoms with Crippen LogP contribution in [0.5, 0.6) is 0 Å². The first-order chi connectivity index (χ1) is 9.62. The fourth-order valence-electron chi connectivity index (χ4n) is 2.06. The third kappa shape index (κ3) is 4.93. The van der Waals surface area contributed by atoms with Crippen molar-refractivity contribution in [1.29, 1.82) is 0 Å². The second-order valence-electron chi connectivity index (χ2n) is 4.60. The second-order valence-corrected chi connectivity index (χ2v) is 5.96. The molecule has 1 saturated heterocycles. The van der Waals surface area contributed by atoms with Crippen molar-refractivity contribution in [3.8, 4) is 0 Å². The molecule has 0 saturated carbocycles. The molecule has 1 aliphatic heterocycles. The first-order valence-corrected chi connectivity index (χ1v) is 7.52. The molecule has 9 nitrogen and oxygen atoms in total. The third-order valence-corrected chi connectivity index (χ3v) is 3.88. The summed E-state index contributed by atoms with van der Waals surface area (Å²) in [5.41, 5.74) is 7.08. The molecule has 10 heteroatoms. The summed E-state index contributed by atoms with van der Waals surface area (Å²) in [6.45, 7) is 6.24. The first kappa shape index (κ1) is 17.3. The number of nitrogens with one attached hydrogen (secondary N) is 2. The fraction of sp³-hybridized carbons (Fsp3) is 0.455. The topological polar surface area (TPSA) is 125 Å². The summed E-state index contributed by atoms with van der Waals surface area (Å²) in [7, 11) is -4.08. The molecule has 1 aliphatic rings. The number of benzene rings is 1. The van der Waals surface area contributed by atoms with Crippen molar-refractivity contribution in [3.05, 3.63) is 38.9 Å². The van der Waals surface area contributed by atoms with Gasteiger partial charge in [0.15, 0.2) is 5.03 Å². The number of hydrazine groups is 3. The molecule has 3 N–H and O–H groups in total. The molecule has 2 rings (SSSR count). The van der Waals surface area contributed by atoms with Gasteiger partial charge in [0, 0.05) is 6.54 Å². The average Bonchev–Trinajstić information content (AvgIpc) is 2.78. The van der Waals surface area contributed by atoms with Gasteiger partial charge in [0.05, 0.1) is 4.90 Å². The lowest BCUT2D eigenvalue weighted by atomic mass is 10.1. The van der Waals surface area contributed by atoms with E-state index in [0.717, 1.165) is 10.7 Å². The SMILES string of the molecule is Cc1cc(C)c(S(=O)(=O)O)c(C)c1.O=[N+]([O-])N1CCNN1. The van der Waals surface area contributed by atoms with E-state index in [0.29, 0.717) is 24.2 Å². The van der Waals surface area contributed by atoms with Crippen LogP contribution < -0.4 is 11.0 Å². The van der Waals surface area contributed by atoms with Gasteiger partial charge in [-0.3, -0.25) is 4.55 Å². The largest absolute Gasteiger partial charge is 0.295 e. The van der Waals surface area contributed by atoms with Gasteiger partial charge in [0.1, 0.15) is 6.54 Å². The Morgan fingerprint density at radius 3 is 2.10 bits per heavy atom. The molecule has 0 atom stereocenters. The Kier molecular flexibility index (Phi) is 5.61. The Morgan fingerprint density at radius 2 is 1.81 bits per heavy atom. The van der Waals surface area contributed by atoms with E-state index < -0.39 is 15.2 Å². The minimum absolute atomic E-state index is 0.0260. The second kappa shape index (κ2) is 6.80. The van der Waals surface area contributed by atoms with Crippen molar-refractivity contribution in [2.75, 3.05) is 13.1 Å². The van der Waals surface area contributed by atoms with Crippen LogP contribution in [-0.4, -0.2) is 36.2 Å². The average molecular weight is 318 g/mol. The van der Waals surface area contributed by atoms with Gasteiger partial charge in [0.25, 0.3) is 10.1 Å². The zero-order valence-corrected chi connectivity index (χ0v) is 12.8. The fourth-order valence-corrected chi connectivity index (χ4v) is 2.99. The van der Waals surface area contributed by atoms with Gasteiger partial charge in [-0.1, -0.05) is 17.7 Å². The lowest BCUT2D eigenvalue weighted by Gasteiger charge is -2.07. The molecule has 0 spiro atoms. The van der Waals surface area contributed by atoms with E-state index in [2.05, 4.69) is 11.0 Å². The van der Waals surface area contributed by atoms with Crippen LogP contribution in [0.4, 0.5) is 0 Å². The van der Waals surface area contributed by atoms with E-state index in [1.54, 1.807) is 26.0 Å². The highest BCUT2D eigenvalue weighted by molar-refractivity contribution is 7.86. The zero-order valence-electron chi connectivity index (χ0n) is 12.0. The Morgan fingerprint density at radius 1 is 1.29 bits per heavy atom. The lowest BCUT2D eigenvalue weighted by molar-refractivity contribution is -0.666. The summed E-state index contributed by atoms with van der Waals surface area (Å²) in [5.74, 6) is 0. The van der Waals surface area contributed by atoms with E-state index in [1.165, 1.54) is 0 Å². The zero-order chi connectivity index (χ0) is 16.2. The van der Waals surface area contributed by atoms with Gasteiger partial charge >= 0.3 is 0 Å². The number of hydrogen-bond donors (Lipinski definition) is 3. The molecule has 1 heterocycles. The van der Waals surface area contributed by atoms with Crippen LogP contribution in [0.3, 0.4) is 0 Å². The van der Waals surface area contributed by atoms with E-state index >= 15 is 0 Å². The van der Waals surface area contributed by atoms with E-state index in [-0.39, 0.29) is 4.90 Å². The molecule has 1 aromatic carbocycles. The van der Waals surface area contributed by atoms with Crippen LogP contribution in [0.2, 0.25) is 0 Å². The highest BCUT2D eigenvalue weighted by Crippen LogP contribution is 2.20. The molecular formula is C11H18N4O5S. The quantitative estimate of drug-likeness (QED) is 0.405. The maximum Gasteiger partial charge on any atom is 0.295 e. The van der Waals surface area contributed by atoms with Crippen LogP contribution in [0.15, 0.2) is 17.0 Å². The molecule has 118 valence electrons. The molecule has 0 radical (unpaired) electrons. The van der Waals surface area contributed by atoms with Crippen LogP contribution in [0, 0.1) is 30.9 Å². The number of aryl methyl sites for hydroxylation is 3. The molecule has 0 unspecified atom stereocenters. The number of nitrogens with zero attached hydrogens (tertiary/aromatic N) is 2. The van der Waals surface area contributed by atoms with Crippen LogP contribution in [0.25, 0.3) is 0 Å². The van der Waals surface area contributed by atoms with Crippen molar-refractivity contribution in [3.63, 3.8) is 0 Å². The number of hydrogen-bond acceptors (Lipinski definition) is 6. The minimum atomic E-state index is -4.08. The molecule has 0 bridgehead atoms. The summed E-state index contributed by atoms with van der Waals surface area (Å²) < 4.78 is 30.8. The number of rotatable bonds is 2. The van der Waals surface area contributed by atoms with Crippen molar-refractivity contribution >= 4 is 10.1 Å². The summed E-state index contributed by atoms with van der Waals surface area (Å²) in [5, 5.41) is 10.2. The third-order valence-electron chi connectivity index (χ3n) is 2.72. The molecule has 0 amide bonds. The molecule has 1 aromatic rings. The van der Waals surface area contributed by atoms with Crippen molar-refractivity contribution in [2.45, 2.75) is 25.7 Å². The summed E-state index contributed by atoms with van der Waals surface area (Å²) in [4.78, 5) is 9.86. The van der Waals surface area contributed by atoms with Crippen LogP contribution >= 0.6 is 0 Å². The summed E-state index contributed by atoms with van der Waals surface area (Å²) >= 11 is 0. The highest BCUT2D eigenvalue weighted by Gasteiger charge is 2.17. The Bertz CT molecular complexity index is 602. The van der Waals surface area contributed by atoms with Crippen molar-refractivity contribution in [1.82, 2.24) is 16.1 Å². The number of nitro groups is 1. The monoisotopic (exact) mass is 318 g/mol. The van der Waals surface area contributed by atoms with Gasteiger partial charge in [0.2, 0.25) is 0 Å². The van der Waals surface area contributed by atoms with E-state index in [9.17, 15) is 18.5 Å². The van der Waals surface area contributed by atoms with Crippen LogP contribution in [-0.2, 0) is 10.1 Å². The molecule has 21 heavy (non-hydrogen) atoms. The van der Waals surface area contributed by atoms with Gasteiger partial charge in [-0.05, 0) is 37.0 Å². The van der Waals surface area contributed by atoms with Crippen molar-refractivity contribution < 1.29 is 18.0 Å². The van der Waals surface area contributed by atoms with E-state index in [4.69, 9.17) is 4.55 Å². The Hall–Kier alpha value is -1.75. The molecule has 1 fully saturated rings. The van der Waals surface area contributed by atoms with E-state index in [1.807, 2.05) is 6.92 Å². The predicted molar refractivity (Wildman–Crippen MR) is 75.3 cm³/mol. The maximum absolute atomic E-state index is 10.9. The lowest BCUT2D eigenvalue weighted by Crippen LogP contribution is -2.39.